The molecule has 1 aromatic heterocycles. The number of nitrogens with zero attached hydrogens (tertiary/aromatic N) is 3. The van der Waals surface area contributed by atoms with Gasteiger partial charge in [-0.2, -0.15) is 0 Å². The predicted molar refractivity (Wildman–Crippen MR) is 123 cm³/mol. The van der Waals surface area contributed by atoms with Gasteiger partial charge >= 0.3 is 6.09 Å². The van der Waals surface area contributed by atoms with Gasteiger partial charge in [0.25, 0.3) is 0 Å². The molecule has 1 saturated heterocycles. The summed E-state index contributed by atoms with van der Waals surface area (Å²) < 4.78 is 4.77. The van der Waals surface area contributed by atoms with Crippen molar-refractivity contribution in [3.05, 3.63) is 22.4 Å². The van der Waals surface area contributed by atoms with E-state index in [1.165, 1.54) is 16.9 Å². The molecule has 1 aliphatic heterocycles. The van der Waals surface area contributed by atoms with Gasteiger partial charge in [0.05, 0.1) is 7.11 Å². The van der Waals surface area contributed by atoms with Crippen molar-refractivity contribution >= 4 is 53.3 Å². The number of nitrogens with one attached hydrogen (secondary N) is 2. The molecule has 0 aliphatic carbocycles. The van der Waals surface area contributed by atoms with Gasteiger partial charge in [-0.1, -0.05) is 6.07 Å². The lowest BCUT2D eigenvalue weighted by Crippen LogP contribution is -2.50. The highest BCUT2D eigenvalue weighted by Gasteiger charge is 2.23. The van der Waals surface area contributed by atoms with E-state index in [1.54, 1.807) is 30.3 Å². The van der Waals surface area contributed by atoms with Crippen molar-refractivity contribution in [2.24, 2.45) is 4.99 Å². The molecular weight excluding hydrogens is 493 g/mol. The number of piperidine rings is 1. The van der Waals surface area contributed by atoms with Crippen molar-refractivity contribution in [2.45, 2.75) is 25.3 Å². The first kappa shape index (κ1) is 24.5. The van der Waals surface area contributed by atoms with Crippen LogP contribution in [-0.4, -0.2) is 81.2 Å². The minimum atomic E-state index is -0.284. The van der Waals surface area contributed by atoms with Crippen molar-refractivity contribution in [3.63, 3.8) is 0 Å². The lowest BCUT2D eigenvalue weighted by molar-refractivity contribution is -0.127. The summed E-state index contributed by atoms with van der Waals surface area (Å²) in [5.74, 6) is 0.591. The van der Waals surface area contributed by atoms with E-state index < -0.39 is 0 Å². The first-order valence-corrected chi connectivity index (χ1v) is 9.98. The molecule has 0 radical (unpaired) electrons. The molecule has 0 bridgehead atoms. The summed E-state index contributed by atoms with van der Waals surface area (Å²) in [5, 5.41) is 8.78. The third-order valence-corrected chi connectivity index (χ3v) is 5.32. The molecule has 158 valence electrons. The number of guanidine groups is 1. The second-order valence-electron chi connectivity index (χ2n) is 6.58. The zero-order valence-corrected chi connectivity index (χ0v) is 19.8. The molecule has 0 saturated carbocycles. The maximum Gasteiger partial charge on any atom is 0.409 e. The Morgan fingerprint density at radius 1 is 1.36 bits per heavy atom. The Kier molecular flexibility index (Phi) is 11.2. The predicted octanol–water partition coefficient (Wildman–Crippen LogP) is 1.76. The molecule has 2 N–H and O–H groups in total. The maximum atomic E-state index is 11.9. The summed E-state index contributed by atoms with van der Waals surface area (Å²) in [7, 11) is 4.84. The number of thiophene rings is 1. The number of likely N-dealkylation sites (N-methyl/N-ethyl adjacent to an activating group) is 1. The Bertz CT molecular complexity index is 631. The third kappa shape index (κ3) is 8.21. The molecule has 1 fully saturated rings. The van der Waals surface area contributed by atoms with Gasteiger partial charge in [-0.05, 0) is 30.7 Å². The molecule has 1 aromatic rings. The first-order valence-electron chi connectivity index (χ1n) is 9.10. The molecule has 10 heteroatoms. The number of hydrogen-bond donors (Lipinski definition) is 2. The van der Waals surface area contributed by atoms with Crippen LogP contribution in [0, 0.1) is 0 Å². The van der Waals surface area contributed by atoms with Crippen LogP contribution in [-0.2, 0) is 16.0 Å². The van der Waals surface area contributed by atoms with E-state index in [4.69, 9.17) is 4.74 Å². The van der Waals surface area contributed by atoms with Gasteiger partial charge < -0.3 is 25.2 Å². The standard InChI is InChI=1S/C18H29N5O3S.HI/c1-22(2)16(24)13-20-17(19-9-6-15-5-4-12-27-15)21-14-7-10-23(11-8-14)18(25)26-3;/h4-5,12,14H,6-11,13H2,1-3H3,(H2,19,20,21);1H. The molecule has 0 spiro atoms. The van der Waals surface area contributed by atoms with Crippen LogP contribution in [0.25, 0.3) is 0 Å². The lowest BCUT2D eigenvalue weighted by Gasteiger charge is -2.32. The minimum absolute atomic E-state index is 0. The number of rotatable bonds is 6. The highest BCUT2D eigenvalue weighted by Crippen LogP contribution is 2.11. The molecule has 2 heterocycles. The van der Waals surface area contributed by atoms with Crippen LogP contribution in [0.5, 0.6) is 0 Å². The lowest BCUT2D eigenvalue weighted by atomic mass is 10.1. The van der Waals surface area contributed by atoms with Crippen molar-refractivity contribution in [2.75, 3.05) is 47.4 Å². The number of carbonyl (C=O) groups excluding carboxylic acids is 2. The fourth-order valence-electron chi connectivity index (χ4n) is 2.73. The molecule has 0 unspecified atom stereocenters. The van der Waals surface area contributed by atoms with E-state index in [2.05, 4.69) is 27.1 Å². The molecule has 8 nitrogen and oxygen atoms in total. The topological polar surface area (TPSA) is 86.3 Å². The summed E-state index contributed by atoms with van der Waals surface area (Å²) in [5.41, 5.74) is 0. The van der Waals surface area contributed by atoms with Crippen LogP contribution in [0.1, 0.15) is 17.7 Å². The van der Waals surface area contributed by atoms with Crippen LogP contribution < -0.4 is 10.6 Å². The van der Waals surface area contributed by atoms with Gasteiger partial charge in [0.15, 0.2) is 5.96 Å². The largest absolute Gasteiger partial charge is 0.453 e. The van der Waals surface area contributed by atoms with Gasteiger partial charge in [0, 0.05) is 44.6 Å². The number of halogens is 1. The summed E-state index contributed by atoms with van der Waals surface area (Å²) in [6, 6.07) is 4.35. The molecular formula is C18H30IN5O3S. The highest BCUT2D eigenvalue weighted by molar-refractivity contribution is 14.0. The SMILES string of the molecule is COC(=O)N1CCC(NC(=NCC(=O)N(C)C)NCCc2cccs2)CC1.I. The van der Waals surface area contributed by atoms with Crippen LogP contribution in [0.15, 0.2) is 22.5 Å². The van der Waals surface area contributed by atoms with Crippen LogP contribution in [0.4, 0.5) is 4.79 Å². The second-order valence-corrected chi connectivity index (χ2v) is 7.62. The van der Waals surface area contributed by atoms with Crippen molar-refractivity contribution in [1.82, 2.24) is 20.4 Å². The van der Waals surface area contributed by atoms with Gasteiger partial charge in [-0.15, -0.1) is 35.3 Å². The van der Waals surface area contributed by atoms with Gasteiger partial charge in [0.1, 0.15) is 6.54 Å². The van der Waals surface area contributed by atoms with Crippen molar-refractivity contribution in [3.8, 4) is 0 Å². The average molecular weight is 523 g/mol. The van der Waals surface area contributed by atoms with Crippen LogP contribution in [0.3, 0.4) is 0 Å². The molecule has 0 atom stereocenters. The van der Waals surface area contributed by atoms with E-state index in [9.17, 15) is 9.59 Å². The highest BCUT2D eigenvalue weighted by atomic mass is 127. The van der Waals surface area contributed by atoms with E-state index in [0.717, 1.165) is 25.8 Å². The fraction of sp³-hybridized carbons (Fsp3) is 0.611. The van der Waals surface area contributed by atoms with Gasteiger partial charge in [-0.25, -0.2) is 9.79 Å². The van der Waals surface area contributed by atoms with Crippen LogP contribution in [0.2, 0.25) is 0 Å². The van der Waals surface area contributed by atoms with E-state index in [-0.39, 0.29) is 48.6 Å². The number of aliphatic imine (C=N–C) groups is 1. The number of likely N-dealkylation sites (tertiary alicyclic amines) is 1. The smallest absolute Gasteiger partial charge is 0.409 e. The molecule has 1 aliphatic rings. The number of hydrogen-bond acceptors (Lipinski definition) is 5. The zero-order chi connectivity index (χ0) is 19.6. The van der Waals surface area contributed by atoms with E-state index >= 15 is 0 Å². The summed E-state index contributed by atoms with van der Waals surface area (Å²) in [6.07, 6.45) is 2.24. The van der Waals surface area contributed by atoms with Crippen molar-refractivity contribution in [1.29, 1.82) is 0 Å². The van der Waals surface area contributed by atoms with Crippen LogP contribution >= 0.6 is 35.3 Å². The molecule has 0 aromatic carbocycles. The van der Waals surface area contributed by atoms with E-state index in [0.29, 0.717) is 19.0 Å². The number of carbonyl (C=O) groups is 2. The van der Waals surface area contributed by atoms with Crippen molar-refractivity contribution < 1.29 is 14.3 Å². The zero-order valence-electron chi connectivity index (χ0n) is 16.6. The number of amides is 2. The molecule has 2 amide bonds. The Morgan fingerprint density at radius 3 is 2.64 bits per heavy atom. The Balaban J connectivity index is 0.00000392. The average Bonchev–Trinajstić information content (AvgIpc) is 3.19. The quantitative estimate of drug-likeness (QED) is 0.337. The molecule has 2 rings (SSSR count). The number of ether oxygens (including phenoxy) is 1. The summed E-state index contributed by atoms with van der Waals surface area (Å²) in [4.78, 5) is 32.4. The third-order valence-electron chi connectivity index (χ3n) is 4.38. The summed E-state index contributed by atoms with van der Waals surface area (Å²) >= 11 is 1.73. The van der Waals surface area contributed by atoms with Gasteiger partial charge in [0.2, 0.25) is 5.91 Å². The molecule has 28 heavy (non-hydrogen) atoms. The first-order chi connectivity index (χ1) is 13.0. The second kappa shape index (κ2) is 12.8. The Hall–Kier alpha value is -1.56. The normalized spacial score (nSPS) is 14.8. The maximum absolute atomic E-state index is 11.9. The number of methoxy groups -OCH3 is 1. The van der Waals surface area contributed by atoms with Gasteiger partial charge in [-0.3, -0.25) is 4.79 Å². The van der Waals surface area contributed by atoms with E-state index in [1.807, 2.05) is 6.07 Å². The fourth-order valence-corrected chi connectivity index (χ4v) is 3.44. The monoisotopic (exact) mass is 523 g/mol. The Morgan fingerprint density at radius 2 is 2.07 bits per heavy atom. The minimum Gasteiger partial charge on any atom is -0.453 e. The Labute approximate surface area is 187 Å². The summed E-state index contributed by atoms with van der Waals surface area (Å²) in [6.45, 7) is 2.12.